The first kappa shape index (κ1) is 14.9. The molecule has 0 radical (unpaired) electrons. The fraction of sp³-hybridized carbons (Fsp3) is 0.818. The number of amides is 1. The highest BCUT2D eigenvalue weighted by Gasteiger charge is 2.27. The molecular formula is C11H22N2O3. The van der Waals surface area contributed by atoms with Gasteiger partial charge in [-0.2, -0.15) is 0 Å². The van der Waals surface area contributed by atoms with Gasteiger partial charge in [-0.15, -0.1) is 0 Å². The van der Waals surface area contributed by atoms with Gasteiger partial charge in [0, 0.05) is 0 Å². The van der Waals surface area contributed by atoms with Gasteiger partial charge < -0.3 is 15.8 Å². The number of carbonyl (C=O) groups is 2. The summed E-state index contributed by atoms with van der Waals surface area (Å²) in [6, 6.07) is -1.18. The summed E-state index contributed by atoms with van der Waals surface area (Å²) in [6.45, 7) is 5.66. The average Bonchev–Trinajstić information content (AvgIpc) is 2.32. The first-order valence-electron chi connectivity index (χ1n) is 5.61. The Kier molecular flexibility index (Phi) is 6.72. The lowest BCUT2D eigenvalue weighted by Gasteiger charge is -2.23. The molecular weight excluding hydrogens is 208 g/mol. The van der Waals surface area contributed by atoms with E-state index in [1.54, 1.807) is 0 Å². The Morgan fingerprint density at radius 1 is 1.31 bits per heavy atom. The van der Waals surface area contributed by atoms with Crippen molar-refractivity contribution in [3.8, 4) is 0 Å². The summed E-state index contributed by atoms with van der Waals surface area (Å²) in [6.07, 6.45) is 1.32. The molecule has 0 aromatic rings. The molecule has 5 heteroatoms. The second-order valence-electron chi connectivity index (χ2n) is 3.91. The maximum atomic E-state index is 11.6. The van der Waals surface area contributed by atoms with Crippen LogP contribution in [0.1, 0.15) is 33.6 Å². The standard InChI is InChI=1S/C11H22N2O3/c1-5-7(3)9(11(15)16-4)13-10(14)8(12)6-2/h7-9H,5-6,12H2,1-4H3,(H,13,14). The van der Waals surface area contributed by atoms with Gasteiger partial charge in [-0.3, -0.25) is 4.79 Å². The average molecular weight is 230 g/mol. The van der Waals surface area contributed by atoms with Crippen molar-refractivity contribution in [2.24, 2.45) is 11.7 Å². The molecule has 0 rings (SSSR count). The van der Waals surface area contributed by atoms with Crippen LogP contribution >= 0.6 is 0 Å². The number of esters is 1. The van der Waals surface area contributed by atoms with Gasteiger partial charge in [0.2, 0.25) is 5.91 Å². The zero-order valence-corrected chi connectivity index (χ0v) is 10.4. The van der Waals surface area contributed by atoms with Crippen molar-refractivity contribution >= 4 is 11.9 Å². The number of nitrogens with two attached hydrogens (primary N) is 1. The van der Waals surface area contributed by atoms with Crippen molar-refractivity contribution in [3.63, 3.8) is 0 Å². The van der Waals surface area contributed by atoms with Gasteiger partial charge in [-0.05, 0) is 12.3 Å². The zero-order valence-electron chi connectivity index (χ0n) is 10.4. The Balaban J connectivity index is 4.55. The minimum Gasteiger partial charge on any atom is -0.467 e. The summed E-state index contributed by atoms with van der Waals surface area (Å²) in [4.78, 5) is 23.1. The molecule has 3 N–H and O–H groups in total. The van der Waals surface area contributed by atoms with Crippen molar-refractivity contribution < 1.29 is 14.3 Å². The third kappa shape index (κ3) is 4.18. The second kappa shape index (κ2) is 7.22. The molecule has 16 heavy (non-hydrogen) atoms. The van der Waals surface area contributed by atoms with Gasteiger partial charge in [0.15, 0.2) is 0 Å². The van der Waals surface area contributed by atoms with E-state index >= 15 is 0 Å². The third-order valence-corrected chi connectivity index (χ3v) is 2.74. The van der Waals surface area contributed by atoms with Crippen LogP contribution < -0.4 is 11.1 Å². The monoisotopic (exact) mass is 230 g/mol. The van der Waals surface area contributed by atoms with E-state index in [0.717, 1.165) is 6.42 Å². The van der Waals surface area contributed by atoms with Crippen LogP contribution in [0.15, 0.2) is 0 Å². The molecule has 0 aliphatic carbocycles. The number of ether oxygens (including phenoxy) is 1. The quantitative estimate of drug-likeness (QED) is 0.648. The summed E-state index contributed by atoms with van der Waals surface area (Å²) in [7, 11) is 1.31. The Morgan fingerprint density at radius 3 is 2.25 bits per heavy atom. The highest BCUT2D eigenvalue weighted by atomic mass is 16.5. The maximum Gasteiger partial charge on any atom is 0.328 e. The van der Waals surface area contributed by atoms with E-state index in [0.29, 0.717) is 6.42 Å². The number of rotatable bonds is 6. The Hall–Kier alpha value is -1.10. The molecule has 3 atom stereocenters. The number of nitrogens with one attached hydrogen (secondary N) is 1. The molecule has 0 aromatic carbocycles. The predicted molar refractivity (Wildman–Crippen MR) is 61.7 cm³/mol. The highest BCUT2D eigenvalue weighted by molar-refractivity contribution is 5.87. The lowest BCUT2D eigenvalue weighted by molar-refractivity contribution is -0.146. The van der Waals surface area contributed by atoms with Crippen LogP contribution in [0.25, 0.3) is 0 Å². The Morgan fingerprint density at radius 2 is 1.88 bits per heavy atom. The maximum absolute atomic E-state index is 11.6. The van der Waals surface area contributed by atoms with Crippen LogP contribution in [0, 0.1) is 5.92 Å². The summed E-state index contributed by atoms with van der Waals surface area (Å²) in [5.74, 6) is -0.704. The smallest absolute Gasteiger partial charge is 0.328 e. The van der Waals surface area contributed by atoms with Crippen LogP contribution in [-0.2, 0) is 14.3 Å². The number of hydrogen-bond acceptors (Lipinski definition) is 4. The zero-order chi connectivity index (χ0) is 12.7. The first-order chi connectivity index (χ1) is 7.47. The summed E-state index contributed by atoms with van der Waals surface area (Å²) in [5.41, 5.74) is 5.58. The molecule has 0 bridgehead atoms. The number of methoxy groups -OCH3 is 1. The molecule has 0 fully saturated rings. The van der Waals surface area contributed by atoms with Gasteiger partial charge in [0.05, 0.1) is 13.2 Å². The van der Waals surface area contributed by atoms with Gasteiger partial charge in [-0.1, -0.05) is 27.2 Å². The molecule has 1 amide bonds. The molecule has 0 saturated heterocycles. The van der Waals surface area contributed by atoms with Crippen molar-refractivity contribution in [1.82, 2.24) is 5.32 Å². The topological polar surface area (TPSA) is 81.4 Å². The van der Waals surface area contributed by atoms with Crippen molar-refractivity contribution in [2.75, 3.05) is 7.11 Å². The Labute approximate surface area is 96.7 Å². The number of carbonyl (C=O) groups excluding carboxylic acids is 2. The van der Waals surface area contributed by atoms with Crippen LogP contribution in [0.2, 0.25) is 0 Å². The second-order valence-corrected chi connectivity index (χ2v) is 3.91. The molecule has 0 saturated carbocycles. The SMILES string of the molecule is CCC(N)C(=O)NC(C(=O)OC)C(C)CC. The van der Waals surface area contributed by atoms with E-state index in [2.05, 4.69) is 10.1 Å². The molecule has 0 aliphatic heterocycles. The van der Waals surface area contributed by atoms with E-state index in [9.17, 15) is 9.59 Å². The first-order valence-corrected chi connectivity index (χ1v) is 5.61. The lowest BCUT2D eigenvalue weighted by Crippen LogP contribution is -2.51. The highest BCUT2D eigenvalue weighted by Crippen LogP contribution is 2.09. The van der Waals surface area contributed by atoms with E-state index in [-0.39, 0.29) is 11.8 Å². The third-order valence-electron chi connectivity index (χ3n) is 2.74. The van der Waals surface area contributed by atoms with Crippen LogP contribution in [0.5, 0.6) is 0 Å². The summed E-state index contributed by atoms with van der Waals surface area (Å²) < 4.78 is 4.66. The van der Waals surface area contributed by atoms with Crippen LogP contribution in [0.3, 0.4) is 0 Å². The summed E-state index contributed by atoms with van der Waals surface area (Å²) >= 11 is 0. The molecule has 5 nitrogen and oxygen atoms in total. The molecule has 94 valence electrons. The van der Waals surface area contributed by atoms with E-state index in [4.69, 9.17) is 5.73 Å². The molecule has 3 unspecified atom stereocenters. The largest absolute Gasteiger partial charge is 0.467 e. The van der Waals surface area contributed by atoms with Crippen molar-refractivity contribution in [3.05, 3.63) is 0 Å². The summed E-state index contributed by atoms with van der Waals surface area (Å²) in [5, 5.41) is 2.63. The van der Waals surface area contributed by atoms with Gasteiger partial charge in [0.1, 0.15) is 6.04 Å². The minimum atomic E-state index is -0.611. The van der Waals surface area contributed by atoms with Crippen LogP contribution in [-0.4, -0.2) is 31.1 Å². The lowest BCUT2D eigenvalue weighted by atomic mass is 9.99. The Bertz CT molecular complexity index is 243. The molecule has 0 aliphatic rings. The van der Waals surface area contributed by atoms with Crippen LogP contribution in [0.4, 0.5) is 0 Å². The van der Waals surface area contributed by atoms with E-state index in [1.807, 2.05) is 20.8 Å². The van der Waals surface area contributed by atoms with Gasteiger partial charge in [-0.25, -0.2) is 4.79 Å². The van der Waals surface area contributed by atoms with Gasteiger partial charge in [0.25, 0.3) is 0 Å². The van der Waals surface area contributed by atoms with E-state index in [1.165, 1.54) is 7.11 Å². The molecule has 0 heterocycles. The van der Waals surface area contributed by atoms with E-state index < -0.39 is 18.1 Å². The fourth-order valence-electron chi connectivity index (χ4n) is 1.24. The normalized spacial score (nSPS) is 16.1. The fourth-order valence-corrected chi connectivity index (χ4v) is 1.24. The molecule has 0 spiro atoms. The van der Waals surface area contributed by atoms with Crippen molar-refractivity contribution in [2.45, 2.75) is 45.7 Å². The minimum absolute atomic E-state index is 0.0282. The van der Waals surface area contributed by atoms with Crippen molar-refractivity contribution in [1.29, 1.82) is 0 Å². The number of hydrogen-bond donors (Lipinski definition) is 2. The molecule has 0 aromatic heterocycles. The predicted octanol–water partition coefficient (Wildman–Crippen LogP) is 0.428. The van der Waals surface area contributed by atoms with Gasteiger partial charge >= 0.3 is 5.97 Å².